The zero-order chi connectivity index (χ0) is 12.3. The fraction of sp³-hybridized carbons (Fsp3) is 0.818. The van der Waals surface area contributed by atoms with E-state index in [4.69, 9.17) is 0 Å². The second kappa shape index (κ2) is 4.91. The predicted molar refractivity (Wildman–Crippen MR) is 62.6 cm³/mol. The number of piperidine rings is 1. The van der Waals surface area contributed by atoms with Gasteiger partial charge in [-0.1, -0.05) is 0 Å². The lowest BCUT2D eigenvalue weighted by molar-refractivity contribution is -0.133. The van der Waals surface area contributed by atoms with Gasteiger partial charge in [0.2, 0.25) is 5.91 Å². The van der Waals surface area contributed by atoms with Crippen molar-refractivity contribution in [2.75, 3.05) is 33.2 Å². The van der Waals surface area contributed by atoms with Crippen molar-refractivity contribution in [1.29, 1.82) is 0 Å². The minimum Gasteiger partial charge on any atom is -0.357 e. The Hall–Kier alpha value is -1.30. The van der Waals surface area contributed by atoms with Gasteiger partial charge in [-0.2, -0.15) is 0 Å². The number of nitrogens with one attached hydrogen (secondary N) is 2. The van der Waals surface area contributed by atoms with Crippen LogP contribution >= 0.6 is 0 Å². The van der Waals surface area contributed by atoms with Crippen LogP contribution in [0, 0.1) is 0 Å². The first-order valence-corrected chi connectivity index (χ1v) is 6.11. The summed E-state index contributed by atoms with van der Waals surface area (Å²) in [7, 11) is 1.62. The third kappa shape index (κ3) is 2.09. The van der Waals surface area contributed by atoms with E-state index in [0.29, 0.717) is 39.0 Å². The van der Waals surface area contributed by atoms with Gasteiger partial charge in [0.15, 0.2) is 0 Å². The highest BCUT2D eigenvalue weighted by molar-refractivity contribution is 5.91. The fourth-order valence-corrected chi connectivity index (χ4v) is 2.65. The van der Waals surface area contributed by atoms with Crippen molar-refractivity contribution in [3.8, 4) is 0 Å². The van der Waals surface area contributed by atoms with E-state index in [9.17, 15) is 9.59 Å². The first-order chi connectivity index (χ1) is 8.20. The van der Waals surface area contributed by atoms with E-state index >= 15 is 0 Å². The van der Waals surface area contributed by atoms with Gasteiger partial charge in [-0.25, -0.2) is 10.1 Å². The molecule has 0 aromatic rings. The summed E-state index contributed by atoms with van der Waals surface area (Å²) in [5, 5.41) is 9.77. The molecule has 2 aliphatic heterocycles. The van der Waals surface area contributed by atoms with E-state index in [1.807, 2.05) is 0 Å². The Morgan fingerprint density at radius 1 is 1.47 bits per heavy atom. The van der Waals surface area contributed by atoms with Gasteiger partial charge in [-0.05, 0) is 19.3 Å². The lowest BCUT2D eigenvalue weighted by Crippen LogP contribution is -2.66. The molecule has 0 aromatic carbocycles. The molecule has 0 bridgehead atoms. The van der Waals surface area contributed by atoms with Gasteiger partial charge in [0, 0.05) is 33.2 Å². The van der Waals surface area contributed by atoms with Crippen LogP contribution in [0.25, 0.3) is 0 Å². The second-order valence-corrected chi connectivity index (χ2v) is 4.52. The molecule has 2 rings (SSSR count). The summed E-state index contributed by atoms with van der Waals surface area (Å²) in [5.41, 5.74) is -0.693. The fourth-order valence-electron chi connectivity index (χ4n) is 2.65. The molecule has 2 aliphatic rings. The third-order valence-corrected chi connectivity index (χ3v) is 3.61. The first-order valence-electron chi connectivity index (χ1n) is 6.11. The molecular formula is C11H19N4O2. The van der Waals surface area contributed by atoms with Crippen molar-refractivity contribution in [2.45, 2.75) is 24.8 Å². The Bertz CT molecular complexity index is 313. The van der Waals surface area contributed by atoms with Gasteiger partial charge < -0.3 is 15.5 Å². The average Bonchev–Trinajstić information content (AvgIpc) is 2.39. The summed E-state index contributed by atoms with van der Waals surface area (Å²) in [6, 6.07) is -0.123. The molecule has 0 aliphatic carbocycles. The maximum absolute atomic E-state index is 12.2. The van der Waals surface area contributed by atoms with Gasteiger partial charge in [0.05, 0.1) is 0 Å². The summed E-state index contributed by atoms with van der Waals surface area (Å²) in [6.07, 6.45) is 2.14. The van der Waals surface area contributed by atoms with Crippen LogP contribution in [-0.4, -0.2) is 55.6 Å². The van der Waals surface area contributed by atoms with E-state index in [2.05, 4.69) is 16.0 Å². The number of urea groups is 1. The summed E-state index contributed by atoms with van der Waals surface area (Å²) in [5.74, 6) is -0.0653. The molecule has 2 heterocycles. The summed E-state index contributed by atoms with van der Waals surface area (Å²) in [4.78, 5) is 25.8. The summed E-state index contributed by atoms with van der Waals surface area (Å²) >= 11 is 0. The third-order valence-electron chi connectivity index (χ3n) is 3.61. The number of rotatable bonds is 2. The number of carbonyl (C=O) groups excluding carboxylic acids is 2. The lowest BCUT2D eigenvalue weighted by atomic mass is 9.85. The van der Waals surface area contributed by atoms with Crippen LogP contribution in [0.2, 0.25) is 0 Å². The molecule has 0 atom stereocenters. The highest BCUT2D eigenvalue weighted by Crippen LogP contribution is 2.28. The number of carbonyl (C=O) groups is 2. The van der Waals surface area contributed by atoms with Crippen LogP contribution in [0.15, 0.2) is 0 Å². The highest BCUT2D eigenvalue weighted by Gasteiger charge is 2.47. The molecular weight excluding hydrogens is 220 g/mol. The molecule has 0 unspecified atom stereocenters. The Balaban J connectivity index is 2.24. The van der Waals surface area contributed by atoms with E-state index in [-0.39, 0.29) is 11.9 Å². The molecule has 3 amide bonds. The molecule has 0 aromatic heterocycles. The molecule has 6 heteroatoms. The zero-order valence-electron chi connectivity index (χ0n) is 10.2. The van der Waals surface area contributed by atoms with Crippen LogP contribution in [0.1, 0.15) is 19.3 Å². The highest BCUT2D eigenvalue weighted by atomic mass is 16.2. The van der Waals surface area contributed by atoms with Crippen LogP contribution in [0.3, 0.4) is 0 Å². The smallest absolute Gasteiger partial charge is 0.318 e. The van der Waals surface area contributed by atoms with Gasteiger partial charge in [0.25, 0.3) is 0 Å². The Morgan fingerprint density at radius 2 is 2.18 bits per heavy atom. The van der Waals surface area contributed by atoms with Gasteiger partial charge >= 0.3 is 6.03 Å². The minimum atomic E-state index is -0.693. The van der Waals surface area contributed by atoms with Crippen LogP contribution < -0.4 is 16.0 Å². The van der Waals surface area contributed by atoms with Gasteiger partial charge in [0.1, 0.15) is 5.54 Å². The van der Waals surface area contributed by atoms with Crippen LogP contribution in [0.4, 0.5) is 4.79 Å². The monoisotopic (exact) mass is 239 g/mol. The number of hydrogen-bond donors (Lipinski definition) is 2. The molecule has 17 heavy (non-hydrogen) atoms. The molecule has 95 valence electrons. The van der Waals surface area contributed by atoms with E-state index < -0.39 is 5.54 Å². The van der Waals surface area contributed by atoms with E-state index in [0.717, 1.165) is 6.42 Å². The standard InChI is InChI=1S/C11H19N4O2/c1-12-9(16)11(3-6-13-7-4-11)15-8-2-5-14-10(15)17/h2-8H2,1H3,(H,12,16)(H,14,17). The number of hydrogen-bond acceptors (Lipinski definition) is 2. The van der Waals surface area contributed by atoms with Crippen molar-refractivity contribution >= 4 is 11.9 Å². The molecule has 2 saturated heterocycles. The Kier molecular flexibility index (Phi) is 3.51. The maximum atomic E-state index is 12.2. The first kappa shape index (κ1) is 12.2. The number of likely N-dealkylation sites (N-methyl/N-ethyl adjacent to an activating group) is 1. The Labute approximate surface area is 101 Å². The zero-order valence-corrected chi connectivity index (χ0v) is 10.2. The summed E-state index contributed by atoms with van der Waals surface area (Å²) < 4.78 is 0. The summed E-state index contributed by atoms with van der Waals surface area (Å²) in [6.45, 7) is 2.65. The predicted octanol–water partition coefficient (Wildman–Crippen LogP) is -0.715. The van der Waals surface area contributed by atoms with E-state index in [1.54, 1.807) is 11.9 Å². The van der Waals surface area contributed by atoms with Crippen LogP contribution in [-0.2, 0) is 4.79 Å². The van der Waals surface area contributed by atoms with Crippen molar-refractivity contribution in [3.05, 3.63) is 0 Å². The largest absolute Gasteiger partial charge is 0.357 e. The topological polar surface area (TPSA) is 75.5 Å². The SMILES string of the molecule is CNC(=O)C1(N2CCCNC2=O)CC[N]CC1. The van der Waals surface area contributed by atoms with Crippen molar-refractivity contribution in [2.24, 2.45) is 0 Å². The minimum absolute atomic E-state index is 0.0653. The van der Waals surface area contributed by atoms with E-state index in [1.165, 1.54) is 0 Å². The molecule has 0 saturated carbocycles. The molecule has 2 N–H and O–H groups in total. The second-order valence-electron chi connectivity index (χ2n) is 4.52. The molecule has 2 fully saturated rings. The van der Waals surface area contributed by atoms with Crippen LogP contribution in [0.5, 0.6) is 0 Å². The van der Waals surface area contributed by atoms with Crippen molar-refractivity contribution in [1.82, 2.24) is 20.9 Å². The van der Waals surface area contributed by atoms with Crippen molar-refractivity contribution < 1.29 is 9.59 Å². The number of nitrogens with zero attached hydrogens (tertiary/aromatic N) is 2. The van der Waals surface area contributed by atoms with Gasteiger partial charge in [-0.3, -0.25) is 4.79 Å². The normalized spacial score (nSPS) is 24.1. The molecule has 0 spiro atoms. The van der Waals surface area contributed by atoms with Gasteiger partial charge in [-0.15, -0.1) is 0 Å². The lowest BCUT2D eigenvalue weighted by Gasteiger charge is -2.46. The average molecular weight is 239 g/mol. The number of amides is 3. The maximum Gasteiger partial charge on any atom is 0.318 e. The quantitative estimate of drug-likeness (QED) is 0.667. The molecule has 6 nitrogen and oxygen atoms in total. The Morgan fingerprint density at radius 3 is 2.76 bits per heavy atom. The molecule has 1 radical (unpaired) electrons. The van der Waals surface area contributed by atoms with Crippen molar-refractivity contribution in [3.63, 3.8) is 0 Å².